The highest BCUT2D eigenvalue weighted by Crippen LogP contribution is 2.28. The van der Waals surface area contributed by atoms with Crippen LogP contribution in [0.5, 0.6) is 0 Å². The average molecular weight is 176 g/mol. The Hall–Kier alpha value is -1.12. The van der Waals surface area contributed by atoms with E-state index in [1.165, 1.54) is 0 Å². The van der Waals surface area contributed by atoms with Crippen molar-refractivity contribution in [2.75, 3.05) is 0 Å². The van der Waals surface area contributed by atoms with Crippen LogP contribution >= 0.6 is 0 Å². The van der Waals surface area contributed by atoms with Gasteiger partial charge in [0.25, 0.3) is 0 Å². The Labute approximate surface area is 77.1 Å². The second-order valence-corrected chi connectivity index (χ2v) is 3.43. The first-order valence-corrected chi connectivity index (χ1v) is 4.33. The number of aryl methyl sites for hydroxylation is 1. The summed E-state index contributed by atoms with van der Waals surface area (Å²) in [5, 5.41) is 19.0. The molecule has 2 atom stereocenters. The van der Waals surface area contributed by atoms with Crippen LogP contribution in [0.4, 0.5) is 0 Å². The lowest BCUT2D eigenvalue weighted by Gasteiger charge is -2.21. The molecule has 0 saturated heterocycles. The van der Waals surface area contributed by atoms with Crippen molar-refractivity contribution in [1.82, 2.24) is 0 Å². The van der Waals surface area contributed by atoms with E-state index >= 15 is 0 Å². The fourth-order valence-corrected chi connectivity index (χ4v) is 1.60. The first kappa shape index (κ1) is 8.48. The fraction of sp³-hybridized carbons (Fsp3) is 0.273. The van der Waals surface area contributed by atoms with Gasteiger partial charge in [-0.05, 0) is 18.1 Å². The molecule has 68 valence electrons. The van der Waals surface area contributed by atoms with Crippen molar-refractivity contribution in [3.63, 3.8) is 0 Å². The molecule has 0 aliphatic heterocycles. The summed E-state index contributed by atoms with van der Waals surface area (Å²) in [6.07, 6.45) is 1.92. The van der Waals surface area contributed by atoms with Crippen LogP contribution in [0.1, 0.15) is 22.8 Å². The zero-order chi connectivity index (χ0) is 9.42. The highest BCUT2D eigenvalue weighted by atomic mass is 16.3. The minimum Gasteiger partial charge on any atom is -0.386 e. The average Bonchev–Trinajstić information content (AvgIpc) is 2.12. The predicted octanol–water partition coefficient (Wildman–Crippen LogP) is 1.42. The van der Waals surface area contributed by atoms with E-state index in [-0.39, 0.29) is 0 Å². The molecule has 13 heavy (non-hydrogen) atoms. The van der Waals surface area contributed by atoms with Gasteiger partial charge < -0.3 is 10.2 Å². The molecule has 1 aromatic carbocycles. The van der Waals surface area contributed by atoms with Crippen molar-refractivity contribution >= 4 is 6.08 Å². The Morgan fingerprint density at radius 2 is 2.00 bits per heavy atom. The van der Waals surface area contributed by atoms with Gasteiger partial charge in [0.15, 0.2) is 0 Å². The Morgan fingerprint density at radius 1 is 1.23 bits per heavy atom. The fourth-order valence-electron chi connectivity index (χ4n) is 1.60. The van der Waals surface area contributed by atoms with Gasteiger partial charge in [0.05, 0.1) is 0 Å². The zero-order valence-corrected chi connectivity index (χ0v) is 7.44. The van der Waals surface area contributed by atoms with Crippen molar-refractivity contribution in [1.29, 1.82) is 0 Å². The van der Waals surface area contributed by atoms with Crippen LogP contribution in [-0.4, -0.2) is 16.3 Å². The summed E-state index contributed by atoms with van der Waals surface area (Å²) >= 11 is 0. The maximum atomic E-state index is 9.62. The van der Waals surface area contributed by atoms with Crippen LogP contribution in [0.2, 0.25) is 0 Å². The van der Waals surface area contributed by atoms with Crippen molar-refractivity contribution in [3.8, 4) is 0 Å². The summed E-state index contributed by atoms with van der Waals surface area (Å²) in [5.41, 5.74) is 2.96. The SMILES string of the molecule is Cc1ccc2c(c1)C=CC(O)C2O. The second kappa shape index (κ2) is 2.98. The molecule has 2 N–H and O–H groups in total. The Kier molecular flexibility index (Phi) is 1.94. The molecule has 0 aromatic heterocycles. The Bertz CT molecular complexity index is 355. The van der Waals surface area contributed by atoms with Crippen molar-refractivity contribution in [2.24, 2.45) is 0 Å². The van der Waals surface area contributed by atoms with E-state index in [1.54, 1.807) is 6.08 Å². The van der Waals surface area contributed by atoms with Crippen molar-refractivity contribution < 1.29 is 10.2 Å². The van der Waals surface area contributed by atoms with Gasteiger partial charge >= 0.3 is 0 Å². The molecular weight excluding hydrogens is 164 g/mol. The first-order valence-electron chi connectivity index (χ1n) is 4.33. The van der Waals surface area contributed by atoms with Crippen LogP contribution in [0.3, 0.4) is 0 Å². The van der Waals surface area contributed by atoms with Crippen LogP contribution in [0.15, 0.2) is 24.3 Å². The van der Waals surface area contributed by atoms with Crippen molar-refractivity contribution in [2.45, 2.75) is 19.1 Å². The molecule has 2 rings (SSSR count). The molecule has 1 aliphatic rings. The summed E-state index contributed by atoms with van der Waals surface area (Å²) in [5.74, 6) is 0. The third-order valence-corrected chi connectivity index (χ3v) is 2.36. The number of hydrogen-bond acceptors (Lipinski definition) is 2. The monoisotopic (exact) mass is 176 g/mol. The van der Waals surface area contributed by atoms with Gasteiger partial charge in [-0.3, -0.25) is 0 Å². The molecule has 0 bridgehead atoms. The quantitative estimate of drug-likeness (QED) is 0.627. The van der Waals surface area contributed by atoms with Gasteiger partial charge in [0, 0.05) is 0 Å². The normalized spacial score (nSPS) is 25.8. The minimum atomic E-state index is -0.777. The van der Waals surface area contributed by atoms with E-state index in [0.29, 0.717) is 0 Å². The van der Waals surface area contributed by atoms with Gasteiger partial charge in [-0.1, -0.05) is 35.9 Å². The number of aliphatic hydroxyl groups is 2. The lowest BCUT2D eigenvalue weighted by atomic mass is 9.92. The van der Waals surface area contributed by atoms with E-state index in [1.807, 2.05) is 31.2 Å². The molecule has 0 amide bonds. The molecule has 2 unspecified atom stereocenters. The van der Waals surface area contributed by atoms with Gasteiger partial charge in [-0.2, -0.15) is 0 Å². The van der Waals surface area contributed by atoms with Crippen LogP contribution in [0.25, 0.3) is 6.08 Å². The number of aliphatic hydroxyl groups excluding tert-OH is 2. The number of fused-ring (bicyclic) bond motifs is 1. The van der Waals surface area contributed by atoms with Crippen LogP contribution in [0, 0.1) is 6.92 Å². The molecule has 0 saturated carbocycles. The Balaban J connectivity index is 2.52. The molecule has 2 nitrogen and oxygen atoms in total. The number of hydrogen-bond donors (Lipinski definition) is 2. The second-order valence-electron chi connectivity index (χ2n) is 3.43. The highest BCUT2D eigenvalue weighted by Gasteiger charge is 2.21. The molecule has 0 spiro atoms. The maximum absolute atomic E-state index is 9.62. The van der Waals surface area contributed by atoms with Crippen LogP contribution < -0.4 is 0 Å². The van der Waals surface area contributed by atoms with Gasteiger partial charge in [0.2, 0.25) is 0 Å². The van der Waals surface area contributed by atoms with Crippen LogP contribution in [-0.2, 0) is 0 Å². The standard InChI is InChI=1S/C11H12O2/c1-7-2-4-9-8(6-7)3-5-10(12)11(9)13/h2-6,10-13H,1H3. The lowest BCUT2D eigenvalue weighted by molar-refractivity contribution is 0.0470. The van der Waals surface area contributed by atoms with E-state index in [2.05, 4.69) is 0 Å². The summed E-state index contributed by atoms with van der Waals surface area (Å²) in [6, 6.07) is 5.80. The summed E-state index contributed by atoms with van der Waals surface area (Å²) in [7, 11) is 0. The van der Waals surface area contributed by atoms with Crippen molar-refractivity contribution in [3.05, 3.63) is 41.0 Å². The molecule has 1 aromatic rings. The van der Waals surface area contributed by atoms with Gasteiger partial charge in [0.1, 0.15) is 12.2 Å². The third kappa shape index (κ3) is 1.39. The lowest BCUT2D eigenvalue weighted by Crippen LogP contribution is -2.19. The summed E-state index contributed by atoms with van der Waals surface area (Å²) < 4.78 is 0. The summed E-state index contributed by atoms with van der Waals surface area (Å²) in [4.78, 5) is 0. The summed E-state index contributed by atoms with van der Waals surface area (Å²) in [6.45, 7) is 2.01. The highest BCUT2D eigenvalue weighted by molar-refractivity contribution is 5.59. The molecule has 0 fully saturated rings. The number of rotatable bonds is 0. The molecule has 2 heteroatoms. The first-order chi connectivity index (χ1) is 6.18. The minimum absolute atomic E-state index is 0.768. The van der Waals surface area contributed by atoms with E-state index in [0.717, 1.165) is 16.7 Å². The Morgan fingerprint density at radius 3 is 2.77 bits per heavy atom. The molecular formula is C11H12O2. The topological polar surface area (TPSA) is 40.5 Å². The number of benzene rings is 1. The third-order valence-electron chi connectivity index (χ3n) is 2.36. The molecule has 0 heterocycles. The molecule has 1 aliphatic carbocycles. The molecule has 0 radical (unpaired) electrons. The zero-order valence-electron chi connectivity index (χ0n) is 7.44. The van der Waals surface area contributed by atoms with E-state index in [4.69, 9.17) is 0 Å². The smallest absolute Gasteiger partial charge is 0.109 e. The van der Waals surface area contributed by atoms with E-state index in [9.17, 15) is 10.2 Å². The van der Waals surface area contributed by atoms with Gasteiger partial charge in [-0.15, -0.1) is 0 Å². The van der Waals surface area contributed by atoms with Gasteiger partial charge in [-0.25, -0.2) is 0 Å². The maximum Gasteiger partial charge on any atom is 0.109 e. The largest absolute Gasteiger partial charge is 0.386 e. The van der Waals surface area contributed by atoms with E-state index < -0.39 is 12.2 Å². The predicted molar refractivity (Wildman–Crippen MR) is 51.2 cm³/mol.